The first-order valence-electron chi connectivity index (χ1n) is 6.04. The van der Waals surface area contributed by atoms with Crippen molar-refractivity contribution in [2.45, 2.75) is 26.2 Å². The molecule has 0 aliphatic heterocycles. The molecule has 1 saturated carbocycles. The van der Waals surface area contributed by atoms with Crippen molar-refractivity contribution in [2.24, 2.45) is 5.92 Å². The molecule has 0 bridgehead atoms. The van der Waals surface area contributed by atoms with E-state index >= 15 is 0 Å². The van der Waals surface area contributed by atoms with E-state index < -0.39 is 0 Å². The fourth-order valence-electron chi connectivity index (χ4n) is 1.94. The van der Waals surface area contributed by atoms with Crippen LogP contribution in [0.25, 0.3) is 0 Å². The van der Waals surface area contributed by atoms with Gasteiger partial charge in [-0.25, -0.2) is 4.98 Å². The summed E-state index contributed by atoms with van der Waals surface area (Å²) in [6, 6.07) is 0. The predicted octanol–water partition coefficient (Wildman–Crippen LogP) is 3.19. The Morgan fingerprint density at radius 1 is 1.65 bits per heavy atom. The minimum absolute atomic E-state index is 0.0118. The number of hydrogen-bond donors (Lipinski definition) is 0. The van der Waals surface area contributed by atoms with Gasteiger partial charge in [-0.05, 0) is 25.7 Å². The summed E-state index contributed by atoms with van der Waals surface area (Å²) in [5.41, 5.74) is 0.507. The van der Waals surface area contributed by atoms with Gasteiger partial charge in [0.15, 0.2) is 10.9 Å². The highest BCUT2D eigenvalue weighted by molar-refractivity contribution is 7.14. The van der Waals surface area contributed by atoms with E-state index in [1.807, 2.05) is 5.38 Å². The fourth-order valence-corrected chi connectivity index (χ4v) is 2.98. The molecule has 17 heavy (non-hydrogen) atoms. The standard InChI is InChI=1S/C12H17ClN2OS/c1-2-15(7-9-4-3-5-9)12-14-10(8-17-12)11(16)6-13/h8-9H,2-7H2,1H3. The van der Waals surface area contributed by atoms with E-state index in [1.54, 1.807) is 0 Å². The molecule has 0 atom stereocenters. The van der Waals surface area contributed by atoms with E-state index in [1.165, 1.54) is 30.6 Å². The number of carbonyl (C=O) groups excluding carboxylic acids is 1. The number of aromatic nitrogens is 1. The van der Waals surface area contributed by atoms with Crippen molar-refractivity contribution in [3.63, 3.8) is 0 Å². The van der Waals surface area contributed by atoms with Crippen molar-refractivity contribution in [1.29, 1.82) is 0 Å². The van der Waals surface area contributed by atoms with Crippen molar-refractivity contribution in [3.8, 4) is 0 Å². The normalized spacial score (nSPS) is 15.6. The van der Waals surface area contributed by atoms with Crippen LogP contribution in [0.5, 0.6) is 0 Å². The lowest BCUT2D eigenvalue weighted by Gasteiger charge is -2.31. The van der Waals surface area contributed by atoms with Gasteiger partial charge in [0.05, 0.1) is 5.88 Å². The molecular weight excluding hydrogens is 256 g/mol. The van der Waals surface area contributed by atoms with Crippen molar-refractivity contribution in [2.75, 3.05) is 23.9 Å². The predicted molar refractivity (Wildman–Crippen MR) is 72.4 cm³/mol. The van der Waals surface area contributed by atoms with Gasteiger partial charge in [-0.2, -0.15) is 0 Å². The Kier molecular flexibility index (Phi) is 4.40. The van der Waals surface area contributed by atoms with E-state index in [-0.39, 0.29) is 11.7 Å². The van der Waals surface area contributed by atoms with E-state index in [2.05, 4.69) is 16.8 Å². The first-order valence-corrected chi connectivity index (χ1v) is 7.45. The zero-order valence-electron chi connectivity index (χ0n) is 9.99. The smallest absolute Gasteiger partial charge is 0.196 e. The molecule has 0 radical (unpaired) electrons. The quantitative estimate of drug-likeness (QED) is 0.589. The lowest BCUT2D eigenvalue weighted by atomic mass is 9.85. The molecule has 5 heteroatoms. The third-order valence-corrected chi connectivity index (χ3v) is 4.40. The van der Waals surface area contributed by atoms with Crippen LogP contribution in [0, 0.1) is 5.92 Å². The zero-order valence-corrected chi connectivity index (χ0v) is 11.6. The van der Waals surface area contributed by atoms with Gasteiger partial charge in [0.2, 0.25) is 0 Å². The van der Waals surface area contributed by atoms with Crippen LogP contribution < -0.4 is 4.90 Å². The minimum Gasteiger partial charge on any atom is -0.348 e. The maximum atomic E-state index is 11.4. The Hall–Kier alpha value is -0.610. The summed E-state index contributed by atoms with van der Waals surface area (Å²) in [4.78, 5) is 18.1. The summed E-state index contributed by atoms with van der Waals surface area (Å²) in [6.07, 6.45) is 4.01. The number of Topliss-reactive ketones (excluding diaryl/α,β-unsaturated/α-hetero) is 1. The van der Waals surface area contributed by atoms with Crippen LogP contribution in [-0.4, -0.2) is 29.7 Å². The van der Waals surface area contributed by atoms with Gasteiger partial charge in [0.1, 0.15) is 5.69 Å². The molecule has 0 amide bonds. The first kappa shape index (κ1) is 12.8. The van der Waals surface area contributed by atoms with E-state index in [0.29, 0.717) is 5.69 Å². The molecule has 1 aliphatic carbocycles. The molecule has 2 rings (SSSR count). The number of thiazole rings is 1. The lowest BCUT2D eigenvalue weighted by molar-refractivity contribution is 0.101. The highest BCUT2D eigenvalue weighted by atomic mass is 35.5. The average molecular weight is 273 g/mol. The second kappa shape index (κ2) is 5.83. The molecule has 1 fully saturated rings. The van der Waals surface area contributed by atoms with Crippen LogP contribution in [0.1, 0.15) is 36.7 Å². The number of ketones is 1. The van der Waals surface area contributed by atoms with Gasteiger partial charge >= 0.3 is 0 Å². The van der Waals surface area contributed by atoms with Gasteiger partial charge in [-0.15, -0.1) is 22.9 Å². The monoisotopic (exact) mass is 272 g/mol. The van der Waals surface area contributed by atoms with Crippen LogP contribution in [0.4, 0.5) is 5.13 Å². The number of carbonyl (C=O) groups is 1. The number of halogens is 1. The van der Waals surface area contributed by atoms with Crippen LogP contribution in [0.3, 0.4) is 0 Å². The van der Waals surface area contributed by atoms with Crippen LogP contribution in [0.15, 0.2) is 5.38 Å². The van der Waals surface area contributed by atoms with Crippen LogP contribution in [0.2, 0.25) is 0 Å². The molecule has 0 aromatic carbocycles. The summed E-state index contributed by atoms with van der Waals surface area (Å²) in [6.45, 7) is 4.14. The molecule has 1 aromatic heterocycles. The molecule has 0 N–H and O–H groups in total. The molecule has 1 heterocycles. The number of anilines is 1. The summed E-state index contributed by atoms with van der Waals surface area (Å²) >= 11 is 7.06. The van der Waals surface area contributed by atoms with Gasteiger partial charge in [-0.3, -0.25) is 4.79 Å². The summed E-state index contributed by atoms with van der Waals surface area (Å²) in [5.74, 6) is 0.734. The SMILES string of the molecule is CCN(CC1CCC1)c1nc(C(=O)CCl)cs1. The molecule has 1 aromatic rings. The van der Waals surface area contributed by atoms with Gasteiger partial charge in [0, 0.05) is 18.5 Å². The van der Waals surface area contributed by atoms with Crippen molar-refractivity contribution >= 4 is 33.9 Å². The Bertz CT molecular complexity index is 390. The number of rotatable bonds is 6. The largest absolute Gasteiger partial charge is 0.348 e. The van der Waals surface area contributed by atoms with E-state index in [4.69, 9.17) is 11.6 Å². The van der Waals surface area contributed by atoms with Crippen molar-refractivity contribution in [3.05, 3.63) is 11.1 Å². The Morgan fingerprint density at radius 3 is 2.94 bits per heavy atom. The highest BCUT2D eigenvalue weighted by Crippen LogP contribution is 2.30. The minimum atomic E-state index is -0.0890. The number of alkyl halides is 1. The Labute approximate surface area is 111 Å². The second-order valence-electron chi connectivity index (χ2n) is 4.41. The summed E-state index contributed by atoms with van der Waals surface area (Å²) in [5, 5.41) is 2.76. The zero-order chi connectivity index (χ0) is 12.3. The number of hydrogen-bond acceptors (Lipinski definition) is 4. The molecule has 0 spiro atoms. The van der Waals surface area contributed by atoms with Crippen molar-refractivity contribution in [1.82, 2.24) is 4.98 Å². The fraction of sp³-hybridized carbons (Fsp3) is 0.667. The number of nitrogens with zero attached hydrogens (tertiary/aromatic N) is 2. The average Bonchev–Trinajstić information content (AvgIpc) is 2.76. The molecular formula is C12H17ClN2OS. The maximum absolute atomic E-state index is 11.4. The van der Waals surface area contributed by atoms with Gasteiger partial charge < -0.3 is 4.90 Å². The highest BCUT2D eigenvalue weighted by Gasteiger charge is 2.22. The third kappa shape index (κ3) is 2.99. The molecule has 94 valence electrons. The Morgan fingerprint density at radius 2 is 2.41 bits per heavy atom. The molecule has 0 saturated heterocycles. The van der Waals surface area contributed by atoms with Gasteiger partial charge in [-0.1, -0.05) is 6.42 Å². The lowest BCUT2D eigenvalue weighted by Crippen LogP contribution is -2.32. The maximum Gasteiger partial charge on any atom is 0.196 e. The molecule has 1 aliphatic rings. The summed E-state index contributed by atoms with van der Waals surface area (Å²) < 4.78 is 0. The van der Waals surface area contributed by atoms with E-state index in [9.17, 15) is 4.79 Å². The Balaban J connectivity index is 2.02. The topological polar surface area (TPSA) is 33.2 Å². The molecule has 0 unspecified atom stereocenters. The van der Waals surface area contributed by atoms with Crippen molar-refractivity contribution < 1.29 is 4.79 Å². The summed E-state index contributed by atoms with van der Waals surface area (Å²) in [7, 11) is 0. The molecule has 3 nitrogen and oxygen atoms in total. The van der Waals surface area contributed by atoms with Crippen LogP contribution >= 0.6 is 22.9 Å². The second-order valence-corrected chi connectivity index (χ2v) is 5.51. The van der Waals surface area contributed by atoms with E-state index in [0.717, 1.165) is 24.1 Å². The third-order valence-electron chi connectivity index (χ3n) is 3.25. The first-order chi connectivity index (χ1) is 8.24. The van der Waals surface area contributed by atoms with Crippen LogP contribution in [-0.2, 0) is 0 Å². The van der Waals surface area contributed by atoms with Gasteiger partial charge in [0.25, 0.3) is 0 Å².